The molecule has 6 aliphatic rings. The van der Waals surface area contributed by atoms with Gasteiger partial charge >= 0.3 is 5.97 Å². The summed E-state index contributed by atoms with van der Waals surface area (Å²) in [4.78, 5) is 14.6. The van der Waals surface area contributed by atoms with Crippen molar-refractivity contribution >= 4 is 22.1 Å². The number of methoxy groups -OCH3 is 1. The Kier molecular flexibility index (Phi) is 9.50. The van der Waals surface area contributed by atoms with Crippen LogP contribution < -0.4 is 11.1 Å². The van der Waals surface area contributed by atoms with Crippen LogP contribution in [0.25, 0.3) is 5.57 Å². The summed E-state index contributed by atoms with van der Waals surface area (Å²) in [5, 5.41) is 4.23. The van der Waals surface area contributed by atoms with E-state index in [2.05, 4.69) is 70.0 Å². The molecule has 1 saturated heterocycles. The number of fused-ring (bicyclic) bond motifs is 7. The normalized spacial score (nSPS) is 43.3. The lowest BCUT2D eigenvalue weighted by molar-refractivity contribution is -0.220. The summed E-state index contributed by atoms with van der Waals surface area (Å²) in [5.41, 5.74) is 11.2. The van der Waals surface area contributed by atoms with Crippen molar-refractivity contribution < 1.29 is 18.6 Å². The van der Waals surface area contributed by atoms with Crippen molar-refractivity contribution in [1.82, 2.24) is 10.2 Å². The number of hydrogen-bond donors (Lipinski definition) is 4. The molecule has 10 atom stereocenters. The first kappa shape index (κ1) is 36.9. The van der Waals surface area contributed by atoms with Crippen LogP contribution in [0.15, 0.2) is 30.3 Å². The molecule has 0 radical (unpaired) electrons. The Morgan fingerprint density at radius 2 is 1.66 bits per heavy atom. The van der Waals surface area contributed by atoms with Gasteiger partial charge in [0.05, 0.1) is 24.2 Å². The second kappa shape index (κ2) is 12.9. The van der Waals surface area contributed by atoms with Crippen LogP contribution in [-0.2, 0) is 4.74 Å². The van der Waals surface area contributed by atoms with Crippen LogP contribution in [0.5, 0.6) is 0 Å². The molecule has 5 N–H and O–H groups in total. The molecular formula is C42H67N3O4S. The fourth-order valence-corrected chi connectivity index (χ4v) is 15.3. The van der Waals surface area contributed by atoms with E-state index in [-0.39, 0.29) is 33.8 Å². The number of carbonyl (C=O) groups excluding carboxylic acids is 1. The van der Waals surface area contributed by atoms with Gasteiger partial charge in [-0.2, -0.15) is 10.6 Å². The molecule has 7 rings (SSSR count). The van der Waals surface area contributed by atoms with Crippen molar-refractivity contribution in [2.24, 2.45) is 57.0 Å². The third kappa shape index (κ3) is 5.68. The molecule has 50 heavy (non-hydrogen) atoms. The van der Waals surface area contributed by atoms with Crippen molar-refractivity contribution in [2.45, 2.75) is 111 Å². The zero-order chi connectivity index (χ0) is 35.9. The lowest BCUT2D eigenvalue weighted by Gasteiger charge is -2.72. The maximum atomic E-state index is 12.1. The van der Waals surface area contributed by atoms with Crippen LogP contribution >= 0.6 is 10.6 Å². The first-order valence-corrected chi connectivity index (χ1v) is 21.8. The van der Waals surface area contributed by atoms with Gasteiger partial charge in [0, 0.05) is 37.8 Å². The van der Waals surface area contributed by atoms with E-state index >= 15 is 0 Å². The number of esters is 1. The Morgan fingerprint density at radius 1 is 0.960 bits per heavy atom. The molecule has 1 aromatic carbocycles. The molecule has 5 aliphatic carbocycles. The summed E-state index contributed by atoms with van der Waals surface area (Å²) in [6.45, 7) is 18.9. The SMILES string of the molecule is COC(=O)c1ccc(C2=CC[C@]3(C)[C@H]4CC[C@@H]5[C@H]6[C@H](C(C)N)CC[C@]6(NCCN6CCS(O)(O)CC6)CC[C@@]5(C)[C@]4(C)CC[C@H]3C2(C)C)cc1. The van der Waals surface area contributed by atoms with Gasteiger partial charge in [-0.1, -0.05) is 52.8 Å². The second-order valence-corrected chi connectivity index (χ2v) is 21.4. The lowest BCUT2D eigenvalue weighted by atomic mass is 9.33. The standard InChI is InChI=1S/C42H67N3O4S/c1-28(43)31-14-19-42(44-22-23-45-24-26-50(47,48)27-25-45)21-20-40(5)33(36(31)42)12-13-35-39(4)17-15-32(29-8-10-30(11-9-29)37(46)49-7)38(2,3)34(39)16-18-41(35,40)6/h8-11,15,28,31,33-36,44,47-48H,12-14,16-27,43H2,1-7H3/t28?,31-,33+,34-,35+,36+,39-,40+,41+,42-/m0/s1. The fourth-order valence-electron chi connectivity index (χ4n) is 14.0. The van der Waals surface area contributed by atoms with Crippen LogP contribution in [-0.4, -0.2) is 76.4 Å². The zero-order valence-electron chi connectivity index (χ0n) is 32.1. The van der Waals surface area contributed by atoms with Gasteiger partial charge in [-0.05, 0) is 139 Å². The van der Waals surface area contributed by atoms with E-state index in [0.29, 0.717) is 52.1 Å². The van der Waals surface area contributed by atoms with E-state index < -0.39 is 10.6 Å². The Labute approximate surface area is 304 Å². The second-order valence-electron chi connectivity index (χ2n) is 19.0. The number of nitrogens with zero attached hydrogens (tertiary/aromatic N) is 1. The van der Waals surface area contributed by atoms with Crippen molar-refractivity contribution in [3.8, 4) is 0 Å². The van der Waals surface area contributed by atoms with Crippen LogP contribution in [0.2, 0.25) is 0 Å². The number of hydrogen-bond acceptors (Lipinski definition) is 7. The summed E-state index contributed by atoms with van der Waals surface area (Å²) in [5.74, 6) is 3.92. The zero-order valence-corrected chi connectivity index (χ0v) is 32.9. The van der Waals surface area contributed by atoms with E-state index in [4.69, 9.17) is 10.5 Å². The minimum atomic E-state index is -2.36. The molecule has 1 aliphatic heterocycles. The maximum absolute atomic E-state index is 12.1. The molecule has 0 amide bonds. The van der Waals surface area contributed by atoms with Crippen molar-refractivity contribution in [3.05, 3.63) is 41.5 Å². The predicted octanol–water partition coefficient (Wildman–Crippen LogP) is 8.30. The Hall–Kier alpha value is -1.42. The van der Waals surface area contributed by atoms with Crippen LogP contribution in [0, 0.1) is 51.2 Å². The highest BCUT2D eigenvalue weighted by Crippen LogP contribution is 2.76. The van der Waals surface area contributed by atoms with Gasteiger partial charge < -0.3 is 15.8 Å². The third-order valence-electron chi connectivity index (χ3n) is 16.7. The number of nitrogens with one attached hydrogen (secondary N) is 1. The van der Waals surface area contributed by atoms with Crippen LogP contribution in [0.3, 0.4) is 0 Å². The molecule has 0 aromatic heterocycles. The minimum absolute atomic E-state index is 0.0432. The van der Waals surface area contributed by atoms with Crippen molar-refractivity contribution in [3.63, 3.8) is 0 Å². The number of rotatable bonds is 7. The number of benzene rings is 1. The molecule has 0 spiro atoms. The summed E-state index contributed by atoms with van der Waals surface area (Å²) in [6, 6.07) is 8.31. The lowest BCUT2D eigenvalue weighted by Crippen LogP contribution is -2.68. The number of allylic oxidation sites excluding steroid dienone is 2. The monoisotopic (exact) mass is 709 g/mol. The first-order valence-electron chi connectivity index (χ1n) is 19.9. The van der Waals surface area contributed by atoms with E-state index in [9.17, 15) is 13.9 Å². The molecule has 1 heterocycles. The maximum Gasteiger partial charge on any atom is 0.337 e. The molecule has 8 heteroatoms. The van der Waals surface area contributed by atoms with E-state index in [0.717, 1.165) is 32.6 Å². The predicted molar refractivity (Wildman–Crippen MR) is 206 cm³/mol. The minimum Gasteiger partial charge on any atom is -0.465 e. The summed E-state index contributed by atoms with van der Waals surface area (Å²) in [7, 11) is -0.918. The summed E-state index contributed by atoms with van der Waals surface area (Å²) >= 11 is 0. The highest BCUT2D eigenvalue weighted by Gasteiger charge is 2.70. The van der Waals surface area contributed by atoms with E-state index in [1.54, 1.807) is 0 Å². The number of ether oxygens (including phenoxy) is 1. The molecule has 0 bridgehead atoms. The molecular weight excluding hydrogens is 643 g/mol. The van der Waals surface area contributed by atoms with E-state index in [1.165, 1.54) is 69.6 Å². The average Bonchev–Trinajstić information content (AvgIpc) is 3.45. The Bertz CT molecular complexity index is 1470. The van der Waals surface area contributed by atoms with Gasteiger partial charge in [0.1, 0.15) is 0 Å². The average molecular weight is 710 g/mol. The largest absolute Gasteiger partial charge is 0.465 e. The quantitative estimate of drug-likeness (QED) is 0.211. The van der Waals surface area contributed by atoms with Crippen molar-refractivity contribution in [2.75, 3.05) is 44.8 Å². The Balaban J connectivity index is 1.13. The highest BCUT2D eigenvalue weighted by atomic mass is 32.3. The van der Waals surface area contributed by atoms with Crippen LogP contribution in [0.1, 0.15) is 115 Å². The number of carbonyl (C=O) groups is 1. The van der Waals surface area contributed by atoms with Gasteiger partial charge in [-0.3, -0.25) is 14.0 Å². The van der Waals surface area contributed by atoms with Gasteiger partial charge in [0.2, 0.25) is 0 Å². The van der Waals surface area contributed by atoms with Gasteiger partial charge in [0.15, 0.2) is 0 Å². The molecule has 7 nitrogen and oxygen atoms in total. The summed E-state index contributed by atoms with van der Waals surface area (Å²) in [6.07, 6.45) is 13.9. The van der Waals surface area contributed by atoms with Crippen LogP contribution in [0.4, 0.5) is 0 Å². The summed E-state index contributed by atoms with van der Waals surface area (Å²) < 4.78 is 25.2. The smallest absolute Gasteiger partial charge is 0.337 e. The van der Waals surface area contributed by atoms with Gasteiger partial charge in [-0.25, -0.2) is 4.79 Å². The molecule has 5 fully saturated rings. The van der Waals surface area contributed by atoms with Gasteiger partial charge in [-0.15, -0.1) is 0 Å². The molecule has 1 aromatic rings. The van der Waals surface area contributed by atoms with E-state index in [1.807, 2.05) is 12.1 Å². The molecule has 280 valence electrons. The Morgan fingerprint density at radius 3 is 2.32 bits per heavy atom. The topological polar surface area (TPSA) is 108 Å². The van der Waals surface area contributed by atoms with Crippen molar-refractivity contribution in [1.29, 1.82) is 0 Å². The molecule has 1 unspecified atom stereocenters. The highest BCUT2D eigenvalue weighted by molar-refractivity contribution is 8.24. The number of nitrogens with two attached hydrogens (primary N) is 1. The fraction of sp³-hybridized carbons (Fsp3) is 0.786. The third-order valence-corrected chi connectivity index (χ3v) is 18.4. The van der Waals surface area contributed by atoms with Gasteiger partial charge in [0.25, 0.3) is 0 Å². The molecule has 4 saturated carbocycles. The first-order chi connectivity index (χ1) is 23.5.